The van der Waals surface area contributed by atoms with Crippen molar-refractivity contribution < 1.29 is 9.53 Å². The van der Waals surface area contributed by atoms with Gasteiger partial charge in [-0.05, 0) is 44.9 Å². The highest BCUT2D eigenvalue weighted by Crippen LogP contribution is 2.28. The lowest BCUT2D eigenvalue weighted by atomic mass is 9.96. The summed E-state index contributed by atoms with van der Waals surface area (Å²) < 4.78 is 5.49. The Kier molecular flexibility index (Phi) is 7.11. The SMILES string of the molecule is CCOCC1CCCN(C(=O)C2CCC(N)C2)C1.Cl. The topological polar surface area (TPSA) is 55.6 Å². The average molecular weight is 291 g/mol. The zero-order valence-electron chi connectivity index (χ0n) is 11.8. The van der Waals surface area contributed by atoms with Crippen LogP contribution in [0, 0.1) is 11.8 Å². The minimum Gasteiger partial charge on any atom is -0.381 e. The highest BCUT2D eigenvalue weighted by molar-refractivity contribution is 5.85. The molecule has 1 aliphatic heterocycles. The molecule has 1 amide bonds. The molecule has 3 atom stereocenters. The number of hydrogen-bond acceptors (Lipinski definition) is 3. The van der Waals surface area contributed by atoms with E-state index in [1.165, 1.54) is 6.42 Å². The van der Waals surface area contributed by atoms with E-state index in [1.807, 2.05) is 6.92 Å². The first-order valence-corrected chi connectivity index (χ1v) is 7.32. The molecule has 2 N–H and O–H groups in total. The predicted octanol–water partition coefficient (Wildman–Crippen LogP) is 1.81. The van der Waals surface area contributed by atoms with Gasteiger partial charge in [-0.15, -0.1) is 12.4 Å². The largest absolute Gasteiger partial charge is 0.381 e. The third kappa shape index (κ3) is 4.62. The monoisotopic (exact) mass is 290 g/mol. The number of ether oxygens (including phenoxy) is 1. The van der Waals surface area contributed by atoms with Crippen LogP contribution in [-0.4, -0.2) is 43.2 Å². The van der Waals surface area contributed by atoms with Gasteiger partial charge in [-0.3, -0.25) is 4.79 Å². The van der Waals surface area contributed by atoms with Crippen molar-refractivity contribution in [1.29, 1.82) is 0 Å². The van der Waals surface area contributed by atoms with Crippen LogP contribution in [0.15, 0.2) is 0 Å². The molecular weight excluding hydrogens is 264 g/mol. The lowest BCUT2D eigenvalue weighted by Crippen LogP contribution is -2.43. The average Bonchev–Trinajstić information content (AvgIpc) is 2.82. The molecule has 4 nitrogen and oxygen atoms in total. The van der Waals surface area contributed by atoms with E-state index in [9.17, 15) is 4.79 Å². The molecule has 2 aliphatic rings. The smallest absolute Gasteiger partial charge is 0.225 e. The van der Waals surface area contributed by atoms with E-state index in [4.69, 9.17) is 10.5 Å². The molecule has 0 radical (unpaired) electrons. The van der Waals surface area contributed by atoms with E-state index in [0.717, 1.165) is 52.0 Å². The molecule has 1 saturated heterocycles. The minimum absolute atomic E-state index is 0. The van der Waals surface area contributed by atoms with Crippen molar-refractivity contribution in [2.24, 2.45) is 17.6 Å². The van der Waals surface area contributed by atoms with E-state index in [2.05, 4.69) is 4.90 Å². The molecule has 2 fully saturated rings. The summed E-state index contributed by atoms with van der Waals surface area (Å²) in [7, 11) is 0. The quantitative estimate of drug-likeness (QED) is 0.859. The molecule has 0 bridgehead atoms. The Bertz CT molecular complexity index is 289. The first-order valence-electron chi connectivity index (χ1n) is 7.32. The van der Waals surface area contributed by atoms with Crippen LogP contribution in [0.25, 0.3) is 0 Å². The maximum atomic E-state index is 12.4. The number of carbonyl (C=O) groups excluding carboxylic acids is 1. The predicted molar refractivity (Wildman–Crippen MR) is 78.4 cm³/mol. The molecule has 0 aromatic heterocycles. The fourth-order valence-electron chi connectivity index (χ4n) is 3.18. The number of halogens is 1. The van der Waals surface area contributed by atoms with Gasteiger partial charge in [-0.1, -0.05) is 0 Å². The number of hydrogen-bond donors (Lipinski definition) is 1. The van der Waals surface area contributed by atoms with Gasteiger partial charge in [0.05, 0.1) is 6.61 Å². The molecule has 19 heavy (non-hydrogen) atoms. The normalized spacial score (nSPS) is 31.1. The van der Waals surface area contributed by atoms with Gasteiger partial charge in [0.2, 0.25) is 5.91 Å². The Morgan fingerprint density at radius 1 is 1.37 bits per heavy atom. The van der Waals surface area contributed by atoms with Gasteiger partial charge in [0.15, 0.2) is 0 Å². The zero-order valence-corrected chi connectivity index (χ0v) is 12.7. The first-order chi connectivity index (χ1) is 8.70. The number of nitrogens with two attached hydrogens (primary N) is 1. The molecule has 3 unspecified atom stereocenters. The Morgan fingerprint density at radius 3 is 2.79 bits per heavy atom. The summed E-state index contributed by atoms with van der Waals surface area (Å²) >= 11 is 0. The van der Waals surface area contributed by atoms with E-state index >= 15 is 0 Å². The number of likely N-dealkylation sites (tertiary alicyclic amines) is 1. The third-order valence-electron chi connectivity index (χ3n) is 4.21. The van der Waals surface area contributed by atoms with Crippen LogP contribution in [0.4, 0.5) is 0 Å². The Morgan fingerprint density at radius 2 is 2.16 bits per heavy atom. The van der Waals surface area contributed by atoms with Gasteiger partial charge in [0.25, 0.3) is 0 Å². The summed E-state index contributed by atoms with van der Waals surface area (Å²) in [5.41, 5.74) is 5.89. The number of piperidine rings is 1. The fourth-order valence-corrected chi connectivity index (χ4v) is 3.18. The van der Waals surface area contributed by atoms with Crippen molar-refractivity contribution in [2.75, 3.05) is 26.3 Å². The second-order valence-corrected chi connectivity index (χ2v) is 5.72. The zero-order chi connectivity index (χ0) is 13.0. The van der Waals surface area contributed by atoms with Crippen molar-refractivity contribution in [3.05, 3.63) is 0 Å². The molecule has 1 aliphatic carbocycles. The maximum absolute atomic E-state index is 12.4. The van der Waals surface area contributed by atoms with Crippen molar-refractivity contribution in [3.8, 4) is 0 Å². The minimum atomic E-state index is 0. The number of carbonyl (C=O) groups is 1. The second kappa shape index (κ2) is 8.08. The summed E-state index contributed by atoms with van der Waals surface area (Å²) in [4.78, 5) is 14.4. The molecular formula is C14H27ClN2O2. The van der Waals surface area contributed by atoms with Crippen molar-refractivity contribution in [3.63, 3.8) is 0 Å². The maximum Gasteiger partial charge on any atom is 0.225 e. The molecule has 0 spiro atoms. The number of rotatable bonds is 4. The van der Waals surface area contributed by atoms with Gasteiger partial charge < -0.3 is 15.4 Å². The van der Waals surface area contributed by atoms with Crippen LogP contribution in [0.5, 0.6) is 0 Å². The molecule has 1 saturated carbocycles. The summed E-state index contributed by atoms with van der Waals surface area (Å²) in [5, 5.41) is 0. The number of amides is 1. The first kappa shape index (κ1) is 16.7. The van der Waals surface area contributed by atoms with Crippen molar-refractivity contribution >= 4 is 18.3 Å². The Labute approximate surface area is 122 Å². The standard InChI is InChI=1S/C14H26N2O2.ClH/c1-2-18-10-11-4-3-7-16(9-11)14(17)12-5-6-13(15)8-12;/h11-13H,2-10,15H2,1H3;1H. The summed E-state index contributed by atoms with van der Waals surface area (Å²) in [5.74, 6) is 1.05. The van der Waals surface area contributed by atoms with Crippen molar-refractivity contribution in [1.82, 2.24) is 4.90 Å². The molecule has 0 aromatic rings. The van der Waals surface area contributed by atoms with Gasteiger partial charge >= 0.3 is 0 Å². The van der Waals surface area contributed by atoms with Gasteiger partial charge in [-0.2, -0.15) is 0 Å². The highest BCUT2D eigenvalue weighted by atomic mass is 35.5. The van der Waals surface area contributed by atoms with Crippen LogP contribution >= 0.6 is 12.4 Å². The van der Waals surface area contributed by atoms with Crippen LogP contribution < -0.4 is 5.73 Å². The highest BCUT2D eigenvalue weighted by Gasteiger charge is 2.33. The molecule has 5 heteroatoms. The molecule has 1 heterocycles. The van der Waals surface area contributed by atoms with E-state index in [-0.39, 0.29) is 24.4 Å². The fraction of sp³-hybridized carbons (Fsp3) is 0.929. The van der Waals surface area contributed by atoms with Gasteiger partial charge in [0, 0.05) is 31.7 Å². The Hall–Kier alpha value is -0.320. The second-order valence-electron chi connectivity index (χ2n) is 5.72. The summed E-state index contributed by atoms with van der Waals surface area (Å²) in [6, 6.07) is 0.239. The van der Waals surface area contributed by atoms with Crippen LogP contribution in [-0.2, 0) is 9.53 Å². The van der Waals surface area contributed by atoms with E-state index in [1.54, 1.807) is 0 Å². The molecule has 112 valence electrons. The Balaban J connectivity index is 0.00000180. The van der Waals surface area contributed by atoms with E-state index < -0.39 is 0 Å². The van der Waals surface area contributed by atoms with Gasteiger partial charge in [0.1, 0.15) is 0 Å². The lowest BCUT2D eigenvalue weighted by molar-refractivity contribution is -0.137. The van der Waals surface area contributed by atoms with Crippen LogP contribution in [0.3, 0.4) is 0 Å². The summed E-state index contributed by atoms with van der Waals surface area (Å²) in [6.07, 6.45) is 5.17. The van der Waals surface area contributed by atoms with Crippen LogP contribution in [0.2, 0.25) is 0 Å². The van der Waals surface area contributed by atoms with E-state index in [0.29, 0.717) is 11.8 Å². The summed E-state index contributed by atoms with van der Waals surface area (Å²) in [6.45, 7) is 5.38. The third-order valence-corrected chi connectivity index (χ3v) is 4.21. The van der Waals surface area contributed by atoms with Crippen LogP contribution in [0.1, 0.15) is 39.0 Å². The lowest BCUT2D eigenvalue weighted by Gasteiger charge is -2.34. The molecule has 2 rings (SSSR count). The van der Waals surface area contributed by atoms with Gasteiger partial charge in [-0.25, -0.2) is 0 Å². The molecule has 0 aromatic carbocycles. The number of nitrogens with zero attached hydrogens (tertiary/aromatic N) is 1. The van der Waals surface area contributed by atoms with Crippen molar-refractivity contribution in [2.45, 2.75) is 45.1 Å².